The fraction of sp³-hybridized carbons (Fsp3) is 0.357. The molecular weight excluding hydrogens is 247 g/mol. The van der Waals surface area contributed by atoms with Crippen LogP contribution in [0.2, 0.25) is 0 Å². The number of aromatic nitrogens is 2. The van der Waals surface area contributed by atoms with Crippen LogP contribution in [0.4, 0.5) is 4.39 Å². The van der Waals surface area contributed by atoms with Gasteiger partial charge in [0, 0.05) is 24.0 Å². The predicted octanol–water partition coefficient (Wildman–Crippen LogP) is 2.46. The van der Waals surface area contributed by atoms with Gasteiger partial charge in [0.05, 0.1) is 12.6 Å². The fourth-order valence-corrected chi connectivity index (χ4v) is 1.87. The Morgan fingerprint density at radius 3 is 2.89 bits per heavy atom. The van der Waals surface area contributed by atoms with Gasteiger partial charge in [-0.15, -0.1) is 0 Å². The van der Waals surface area contributed by atoms with Gasteiger partial charge in [-0.2, -0.15) is 0 Å². The molecule has 0 aliphatic carbocycles. The van der Waals surface area contributed by atoms with Crippen LogP contribution >= 0.6 is 0 Å². The molecule has 102 valence electrons. The number of aryl methyl sites for hydroxylation is 1. The zero-order valence-corrected chi connectivity index (χ0v) is 11.0. The average Bonchev–Trinajstić information content (AvgIpc) is 2.75. The maximum Gasteiger partial charge on any atom is 0.128 e. The molecule has 1 aromatic heterocycles. The number of rotatable bonds is 5. The van der Waals surface area contributed by atoms with Crippen molar-refractivity contribution in [2.45, 2.75) is 26.5 Å². The molecule has 1 atom stereocenters. The number of aliphatic hydroxyl groups excluding tert-OH is 1. The molecule has 0 saturated heterocycles. The van der Waals surface area contributed by atoms with Crippen molar-refractivity contribution in [1.82, 2.24) is 9.55 Å². The zero-order valence-electron chi connectivity index (χ0n) is 11.0. The highest BCUT2D eigenvalue weighted by molar-refractivity contribution is 5.35. The van der Waals surface area contributed by atoms with Crippen LogP contribution in [0.15, 0.2) is 30.6 Å². The van der Waals surface area contributed by atoms with Gasteiger partial charge >= 0.3 is 0 Å². The summed E-state index contributed by atoms with van der Waals surface area (Å²) < 4.78 is 20.7. The third kappa shape index (κ3) is 3.32. The lowest BCUT2D eigenvalue weighted by atomic mass is 10.1. The van der Waals surface area contributed by atoms with Gasteiger partial charge in [-0.05, 0) is 26.0 Å². The van der Waals surface area contributed by atoms with Gasteiger partial charge in [0.1, 0.15) is 24.0 Å². The van der Waals surface area contributed by atoms with E-state index in [9.17, 15) is 9.50 Å². The Kier molecular flexibility index (Phi) is 4.16. The number of imidazole rings is 1. The minimum absolute atomic E-state index is 0.377. The van der Waals surface area contributed by atoms with Crippen molar-refractivity contribution in [3.05, 3.63) is 47.8 Å². The smallest absolute Gasteiger partial charge is 0.128 e. The molecular formula is C14H17FN2O2. The lowest BCUT2D eigenvalue weighted by molar-refractivity contribution is 0.190. The highest BCUT2D eigenvalue weighted by Crippen LogP contribution is 2.25. The number of halogens is 1. The third-order valence-electron chi connectivity index (χ3n) is 2.94. The molecule has 0 aliphatic heterocycles. The first-order valence-corrected chi connectivity index (χ1v) is 6.16. The van der Waals surface area contributed by atoms with Crippen LogP contribution in [-0.2, 0) is 6.54 Å². The Morgan fingerprint density at radius 1 is 1.47 bits per heavy atom. The van der Waals surface area contributed by atoms with E-state index in [4.69, 9.17) is 4.74 Å². The molecule has 4 nitrogen and oxygen atoms in total. The van der Waals surface area contributed by atoms with E-state index in [1.54, 1.807) is 13.1 Å². The van der Waals surface area contributed by atoms with E-state index in [0.29, 0.717) is 24.5 Å². The maximum atomic E-state index is 13.2. The normalized spacial score (nSPS) is 12.4. The molecule has 19 heavy (non-hydrogen) atoms. The first kappa shape index (κ1) is 13.5. The summed E-state index contributed by atoms with van der Waals surface area (Å²) in [5, 5.41) is 9.61. The summed E-state index contributed by atoms with van der Waals surface area (Å²) in [7, 11) is 0. The monoisotopic (exact) mass is 264 g/mol. The molecule has 0 bridgehead atoms. The van der Waals surface area contributed by atoms with Gasteiger partial charge in [0.2, 0.25) is 0 Å². The molecule has 1 N–H and O–H groups in total. The lowest BCUT2D eigenvalue weighted by Crippen LogP contribution is -2.10. The molecule has 1 heterocycles. The number of ether oxygens (including phenoxy) is 1. The largest absolute Gasteiger partial charge is 0.491 e. The van der Waals surface area contributed by atoms with Crippen LogP contribution < -0.4 is 4.74 Å². The van der Waals surface area contributed by atoms with Gasteiger partial charge in [0.25, 0.3) is 0 Å². The quantitative estimate of drug-likeness (QED) is 0.902. The second-order valence-corrected chi connectivity index (χ2v) is 4.37. The van der Waals surface area contributed by atoms with E-state index in [-0.39, 0.29) is 5.82 Å². The Bertz CT molecular complexity index is 552. The van der Waals surface area contributed by atoms with Crippen molar-refractivity contribution in [2.24, 2.45) is 0 Å². The van der Waals surface area contributed by atoms with Crippen molar-refractivity contribution in [3.63, 3.8) is 0 Å². The molecule has 1 aromatic carbocycles. The summed E-state index contributed by atoms with van der Waals surface area (Å²) in [5.41, 5.74) is 0.587. The summed E-state index contributed by atoms with van der Waals surface area (Å²) in [6.45, 7) is 4.55. The summed E-state index contributed by atoms with van der Waals surface area (Å²) >= 11 is 0. The Hall–Kier alpha value is -1.88. The second-order valence-electron chi connectivity index (χ2n) is 4.37. The molecule has 0 spiro atoms. The van der Waals surface area contributed by atoms with Crippen molar-refractivity contribution >= 4 is 0 Å². The van der Waals surface area contributed by atoms with Crippen molar-refractivity contribution in [3.8, 4) is 5.75 Å². The zero-order chi connectivity index (χ0) is 13.8. The summed E-state index contributed by atoms with van der Waals surface area (Å²) in [5.74, 6) is 0.907. The first-order chi connectivity index (χ1) is 9.08. The van der Waals surface area contributed by atoms with Crippen LogP contribution in [0, 0.1) is 12.7 Å². The summed E-state index contributed by atoms with van der Waals surface area (Å²) in [4.78, 5) is 4.11. The van der Waals surface area contributed by atoms with Gasteiger partial charge in [-0.1, -0.05) is 0 Å². The number of hydrogen-bond acceptors (Lipinski definition) is 3. The standard InChI is InChI=1S/C14H17FN2O2/c1-10(18)13-4-3-12(15)9-14(13)19-8-7-17-6-5-16-11(17)2/h3-6,9-10,18H,7-8H2,1-2H3. The van der Waals surface area contributed by atoms with Crippen molar-refractivity contribution < 1.29 is 14.2 Å². The van der Waals surface area contributed by atoms with Crippen LogP contribution in [0.5, 0.6) is 5.75 Å². The third-order valence-corrected chi connectivity index (χ3v) is 2.94. The van der Waals surface area contributed by atoms with E-state index in [0.717, 1.165) is 5.82 Å². The summed E-state index contributed by atoms with van der Waals surface area (Å²) in [6.07, 6.45) is 2.89. The van der Waals surface area contributed by atoms with Gasteiger partial charge < -0.3 is 14.4 Å². The second kappa shape index (κ2) is 5.84. The Balaban J connectivity index is 2.03. The molecule has 2 aromatic rings. The SMILES string of the molecule is Cc1nccn1CCOc1cc(F)ccc1C(C)O. The number of hydrogen-bond donors (Lipinski definition) is 1. The van der Waals surface area contributed by atoms with Gasteiger partial charge in [0.15, 0.2) is 0 Å². The molecule has 5 heteroatoms. The fourth-order valence-electron chi connectivity index (χ4n) is 1.87. The number of benzene rings is 1. The average molecular weight is 264 g/mol. The molecule has 0 fully saturated rings. The Labute approximate surface area is 111 Å². The van der Waals surface area contributed by atoms with E-state index >= 15 is 0 Å². The van der Waals surface area contributed by atoms with E-state index in [1.165, 1.54) is 18.2 Å². The minimum atomic E-state index is -0.689. The molecule has 0 aliphatic rings. The molecule has 0 saturated carbocycles. The predicted molar refractivity (Wildman–Crippen MR) is 69.5 cm³/mol. The lowest BCUT2D eigenvalue weighted by Gasteiger charge is -2.14. The molecule has 0 radical (unpaired) electrons. The summed E-state index contributed by atoms with van der Waals surface area (Å²) in [6, 6.07) is 4.15. The number of aliphatic hydroxyl groups is 1. The van der Waals surface area contributed by atoms with E-state index in [1.807, 2.05) is 17.7 Å². The first-order valence-electron chi connectivity index (χ1n) is 6.16. The molecule has 2 rings (SSSR count). The number of nitrogens with zero attached hydrogens (tertiary/aromatic N) is 2. The van der Waals surface area contributed by atoms with Gasteiger partial charge in [-0.25, -0.2) is 9.37 Å². The van der Waals surface area contributed by atoms with Crippen LogP contribution in [0.25, 0.3) is 0 Å². The maximum absolute atomic E-state index is 13.2. The molecule has 1 unspecified atom stereocenters. The van der Waals surface area contributed by atoms with Crippen LogP contribution in [0.3, 0.4) is 0 Å². The highest BCUT2D eigenvalue weighted by atomic mass is 19.1. The van der Waals surface area contributed by atoms with Crippen molar-refractivity contribution in [1.29, 1.82) is 0 Å². The van der Waals surface area contributed by atoms with Crippen LogP contribution in [-0.4, -0.2) is 21.3 Å². The minimum Gasteiger partial charge on any atom is -0.491 e. The highest BCUT2D eigenvalue weighted by Gasteiger charge is 2.10. The van der Waals surface area contributed by atoms with E-state index in [2.05, 4.69) is 4.98 Å². The van der Waals surface area contributed by atoms with Gasteiger partial charge in [-0.3, -0.25) is 0 Å². The topological polar surface area (TPSA) is 47.3 Å². The van der Waals surface area contributed by atoms with Crippen LogP contribution in [0.1, 0.15) is 24.4 Å². The Morgan fingerprint density at radius 2 is 2.26 bits per heavy atom. The van der Waals surface area contributed by atoms with E-state index < -0.39 is 6.10 Å². The molecule has 0 amide bonds. The van der Waals surface area contributed by atoms with Crippen molar-refractivity contribution in [2.75, 3.05) is 6.61 Å².